The number of carbonyl (C=O) groups is 1. The van der Waals surface area contributed by atoms with Gasteiger partial charge < -0.3 is 9.84 Å². The zero-order valence-electron chi connectivity index (χ0n) is 13.2. The van der Waals surface area contributed by atoms with Gasteiger partial charge in [-0.3, -0.25) is 9.69 Å². The molecule has 0 bridgehead atoms. The highest BCUT2D eigenvalue weighted by atomic mass is 16.5. The van der Waals surface area contributed by atoms with Crippen LogP contribution in [0, 0.1) is 6.92 Å². The van der Waals surface area contributed by atoms with Crippen molar-refractivity contribution >= 4 is 11.6 Å². The van der Waals surface area contributed by atoms with Gasteiger partial charge >= 0.3 is 0 Å². The number of carbonyl (C=O) groups excluding carboxylic acids is 1. The number of nitrogens with zero attached hydrogens (tertiary/aromatic N) is 1. The Morgan fingerprint density at radius 2 is 1.91 bits per heavy atom. The molecule has 1 unspecified atom stereocenters. The molecule has 0 spiro atoms. The van der Waals surface area contributed by atoms with Crippen molar-refractivity contribution < 1.29 is 14.6 Å². The van der Waals surface area contributed by atoms with Crippen LogP contribution in [0.4, 0.5) is 5.69 Å². The predicted molar refractivity (Wildman–Crippen MR) is 89.2 cm³/mol. The Kier molecular flexibility index (Phi) is 4.06. The number of hydrogen-bond donors (Lipinski definition) is 1. The summed E-state index contributed by atoms with van der Waals surface area (Å²) in [7, 11) is 1.57. The van der Waals surface area contributed by atoms with Crippen LogP contribution in [0.2, 0.25) is 0 Å². The molecule has 23 heavy (non-hydrogen) atoms. The number of phenols is 1. The Bertz CT molecular complexity index is 752. The van der Waals surface area contributed by atoms with E-state index in [4.69, 9.17) is 4.74 Å². The van der Waals surface area contributed by atoms with Crippen molar-refractivity contribution in [3.8, 4) is 5.75 Å². The van der Waals surface area contributed by atoms with Gasteiger partial charge in [0.2, 0.25) is 0 Å². The third-order valence-corrected chi connectivity index (χ3v) is 4.07. The lowest BCUT2D eigenvalue weighted by Crippen LogP contribution is -2.37. The molecule has 0 aliphatic carbocycles. The van der Waals surface area contributed by atoms with E-state index < -0.39 is 0 Å². The lowest BCUT2D eigenvalue weighted by Gasteiger charge is -2.35. The maximum absolute atomic E-state index is 12.6. The second-order valence-corrected chi connectivity index (χ2v) is 5.65. The van der Waals surface area contributed by atoms with E-state index in [-0.39, 0.29) is 17.7 Å². The van der Waals surface area contributed by atoms with E-state index in [0.717, 1.165) is 11.1 Å². The number of aryl methyl sites for hydroxylation is 1. The second kappa shape index (κ2) is 6.16. The van der Waals surface area contributed by atoms with Crippen LogP contribution in [0.15, 0.2) is 60.4 Å². The van der Waals surface area contributed by atoms with E-state index in [2.05, 4.69) is 0 Å². The van der Waals surface area contributed by atoms with Crippen molar-refractivity contribution in [3.05, 3.63) is 71.5 Å². The summed E-state index contributed by atoms with van der Waals surface area (Å²) in [5.41, 5.74) is 2.46. The molecular formula is C19H19NO3. The zero-order chi connectivity index (χ0) is 16.4. The highest BCUT2D eigenvalue weighted by Crippen LogP contribution is 2.40. The third-order valence-electron chi connectivity index (χ3n) is 4.07. The Balaban J connectivity index is 2.10. The summed E-state index contributed by atoms with van der Waals surface area (Å²) >= 11 is 0. The molecule has 1 aliphatic rings. The molecule has 1 atom stereocenters. The van der Waals surface area contributed by atoms with Crippen molar-refractivity contribution in [2.75, 3.05) is 12.0 Å². The van der Waals surface area contributed by atoms with Gasteiger partial charge in [-0.05, 0) is 30.2 Å². The average molecular weight is 309 g/mol. The molecule has 0 radical (unpaired) electrons. The first-order chi connectivity index (χ1) is 11.1. The second-order valence-electron chi connectivity index (χ2n) is 5.65. The minimum absolute atomic E-state index is 0.105. The Morgan fingerprint density at radius 3 is 2.57 bits per heavy atom. The summed E-state index contributed by atoms with van der Waals surface area (Å²) in [5, 5.41) is 10.3. The number of rotatable bonds is 3. The van der Waals surface area contributed by atoms with E-state index in [1.165, 1.54) is 6.08 Å². The third kappa shape index (κ3) is 2.93. The lowest BCUT2D eigenvalue weighted by molar-refractivity contribution is -0.115. The molecule has 2 aromatic rings. The smallest absolute Gasteiger partial charge is 0.255 e. The van der Waals surface area contributed by atoms with Crippen LogP contribution in [0.5, 0.6) is 5.75 Å². The largest absolute Gasteiger partial charge is 0.506 e. The molecule has 1 aliphatic heterocycles. The zero-order valence-corrected chi connectivity index (χ0v) is 13.2. The summed E-state index contributed by atoms with van der Waals surface area (Å²) in [6.07, 6.45) is 2.05. The molecule has 1 amide bonds. The van der Waals surface area contributed by atoms with Gasteiger partial charge in [0.25, 0.3) is 5.91 Å². The first kappa shape index (κ1) is 15.2. The molecule has 3 rings (SSSR count). The first-order valence-corrected chi connectivity index (χ1v) is 7.52. The predicted octanol–water partition coefficient (Wildman–Crippen LogP) is 3.71. The van der Waals surface area contributed by atoms with Crippen molar-refractivity contribution in [2.24, 2.45) is 0 Å². The van der Waals surface area contributed by atoms with Crippen LogP contribution in [-0.2, 0) is 9.53 Å². The van der Waals surface area contributed by atoms with Gasteiger partial charge in [-0.25, -0.2) is 0 Å². The van der Waals surface area contributed by atoms with Crippen LogP contribution >= 0.6 is 0 Å². The quantitative estimate of drug-likeness (QED) is 0.940. The SMILES string of the molecule is COC1=CC(=O)N(c2ccc(C)cc2O)C(c2ccccc2)C1. The standard InChI is InChI=1S/C19H19NO3/c1-13-8-9-16(18(21)10-13)20-17(14-6-4-3-5-7-14)11-15(23-2)12-19(20)22/h3-10,12,17,21H,11H2,1-2H3. The molecule has 118 valence electrons. The van der Waals surface area contributed by atoms with Gasteiger partial charge in [0.1, 0.15) is 11.5 Å². The summed E-state index contributed by atoms with van der Waals surface area (Å²) in [4.78, 5) is 14.3. The highest BCUT2D eigenvalue weighted by molar-refractivity contribution is 6.04. The lowest BCUT2D eigenvalue weighted by atomic mass is 9.96. The van der Waals surface area contributed by atoms with Crippen LogP contribution in [0.3, 0.4) is 0 Å². The summed E-state index contributed by atoms with van der Waals surface area (Å²) in [6, 6.07) is 14.9. The van der Waals surface area contributed by atoms with Crippen LogP contribution < -0.4 is 4.90 Å². The minimum atomic E-state index is -0.211. The number of phenolic OH excluding ortho intramolecular Hbond substituents is 1. The Morgan fingerprint density at radius 1 is 1.17 bits per heavy atom. The van der Waals surface area contributed by atoms with Crippen molar-refractivity contribution in [2.45, 2.75) is 19.4 Å². The number of benzene rings is 2. The fourth-order valence-corrected chi connectivity index (χ4v) is 2.91. The monoisotopic (exact) mass is 309 g/mol. The molecule has 1 N–H and O–H groups in total. The van der Waals surface area contributed by atoms with E-state index >= 15 is 0 Å². The van der Waals surface area contributed by atoms with E-state index in [0.29, 0.717) is 17.9 Å². The van der Waals surface area contributed by atoms with Gasteiger partial charge in [-0.2, -0.15) is 0 Å². The highest BCUT2D eigenvalue weighted by Gasteiger charge is 2.32. The van der Waals surface area contributed by atoms with Crippen molar-refractivity contribution in [1.82, 2.24) is 0 Å². The number of amides is 1. The minimum Gasteiger partial charge on any atom is -0.506 e. The number of methoxy groups -OCH3 is 1. The molecule has 2 aromatic carbocycles. The van der Waals surface area contributed by atoms with Crippen molar-refractivity contribution in [3.63, 3.8) is 0 Å². The molecule has 4 nitrogen and oxygen atoms in total. The molecular weight excluding hydrogens is 290 g/mol. The van der Waals surface area contributed by atoms with Gasteiger partial charge in [0.15, 0.2) is 0 Å². The normalized spacial score (nSPS) is 17.8. The molecule has 0 saturated carbocycles. The number of anilines is 1. The van der Waals surface area contributed by atoms with Crippen LogP contribution in [-0.4, -0.2) is 18.1 Å². The maximum Gasteiger partial charge on any atom is 0.255 e. The summed E-state index contributed by atoms with van der Waals surface area (Å²) < 4.78 is 5.30. The number of hydrogen-bond acceptors (Lipinski definition) is 3. The average Bonchev–Trinajstić information content (AvgIpc) is 2.56. The molecule has 0 saturated heterocycles. The maximum atomic E-state index is 12.6. The fourth-order valence-electron chi connectivity index (χ4n) is 2.91. The van der Waals surface area contributed by atoms with Gasteiger partial charge in [0, 0.05) is 12.5 Å². The topological polar surface area (TPSA) is 49.8 Å². The summed E-state index contributed by atoms with van der Waals surface area (Å²) in [5.74, 6) is 0.557. The van der Waals surface area contributed by atoms with E-state index in [1.807, 2.05) is 43.3 Å². The number of aromatic hydroxyl groups is 1. The summed E-state index contributed by atoms with van der Waals surface area (Å²) in [6.45, 7) is 1.90. The van der Waals surface area contributed by atoms with Crippen molar-refractivity contribution in [1.29, 1.82) is 0 Å². The van der Waals surface area contributed by atoms with Gasteiger partial charge in [-0.15, -0.1) is 0 Å². The first-order valence-electron chi connectivity index (χ1n) is 7.52. The van der Waals surface area contributed by atoms with Crippen LogP contribution in [0.1, 0.15) is 23.6 Å². The Hall–Kier alpha value is -2.75. The van der Waals surface area contributed by atoms with Gasteiger partial charge in [-0.1, -0.05) is 36.4 Å². The number of ether oxygens (including phenoxy) is 1. The molecule has 4 heteroatoms. The molecule has 1 heterocycles. The van der Waals surface area contributed by atoms with Crippen LogP contribution in [0.25, 0.3) is 0 Å². The van der Waals surface area contributed by atoms with E-state index in [1.54, 1.807) is 24.1 Å². The Labute approximate surface area is 135 Å². The van der Waals surface area contributed by atoms with Gasteiger partial charge in [0.05, 0.1) is 18.8 Å². The van der Waals surface area contributed by atoms with E-state index in [9.17, 15) is 9.90 Å². The molecule has 0 aromatic heterocycles. The molecule has 0 fully saturated rings. The fraction of sp³-hybridized carbons (Fsp3) is 0.211.